The van der Waals surface area contributed by atoms with Gasteiger partial charge in [-0.3, -0.25) is 0 Å². The Balaban J connectivity index is 0.000000335. The normalized spacial score (nSPS) is 11.5. The van der Waals surface area contributed by atoms with Crippen LogP contribution in [-0.2, 0) is 33.7 Å². The van der Waals surface area contributed by atoms with Crippen molar-refractivity contribution in [3.63, 3.8) is 0 Å². The molecule has 0 unspecified atom stereocenters. The van der Waals surface area contributed by atoms with E-state index < -0.39 is 37.0 Å². The molecule has 0 heterocycles. The molecule has 4 aromatic rings. The van der Waals surface area contributed by atoms with Crippen LogP contribution in [0, 0.1) is 0 Å². The predicted octanol–water partition coefficient (Wildman–Crippen LogP) is 12.2. The van der Waals surface area contributed by atoms with Crippen molar-refractivity contribution in [2.24, 2.45) is 0 Å². The monoisotopic (exact) mass is 700 g/mol. The van der Waals surface area contributed by atoms with E-state index in [2.05, 4.69) is 150 Å². The van der Waals surface area contributed by atoms with Crippen molar-refractivity contribution in [1.29, 1.82) is 0 Å². The van der Waals surface area contributed by atoms with E-state index in [9.17, 15) is 0 Å². The zero-order valence-corrected chi connectivity index (χ0v) is 33.2. The van der Waals surface area contributed by atoms with E-state index in [1.54, 1.807) is 0 Å². The van der Waals surface area contributed by atoms with Gasteiger partial charge in [-0.05, 0) is 12.8 Å². The Kier molecular flexibility index (Phi) is 17.4. The molecule has 0 nitrogen and oxygen atoms in total. The standard InChI is InChI=1S/2C16H21Si.C2H6Si.2ClH.Zr/c2*1-5-13-11-15-8-6-7-14(16(15)12-13)9-10-17(2,3)4;1-3-2;;;/h2*6-12H,5H2,1-4H3;1-2H3;2*1H;/q2*-1;;;;+4/p-2. The van der Waals surface area contributed by atoms with E-state index in [1.165, 1.54) is 43.8 Å². The van der Waals surface area contributed by atoms with Crippen molar-refractivity contribution in [1.82, 2.24) is 0 Å². The van der Waals surface area contributed by atoms with Gasteiger partial charge in [0, 0.05) is 9.52 Å². The molecule has 2 radical (unpaired) electrons. The van der Waals surface area contributed by atoms with Crippen LogP contribution < -0.4 is 0 Å². The molecule has 0 saturated carbocycles. The summed E-state index contributed by atoms with van der Waals surface area (Å²) < 4.78 is 0. The van der Waals surface area contributed by atoms with Crippen LogP contribution in [0.4, 0.5) is 0 Å². The van der Waals surface area contributed by atoms with Crippen molar-refractivity contribution < 1.29 is 20.8 Å². The number of aryl methyl sites for hydroxylation is 2. The third kappa shape index (κ3) is 13.9. The molecule has 0 aliphatic heterocycles. The number of halogens is 2. The Labute approximate surface area is 268 Å². The molecule has 0 aromatic heterocycles. The summed E-state index contributed by atoms with van der Waals surface area (Å²) >= 11 is -0.826. The van der Waals surface area contributed by atoms with E-state index in [4.69, 9.17) is 17.0 Å². The summed E-state index contributed by atoms with van der Waals surface area (Å²) in [4.78, 5) is 0. The van der Waals surface area contributed by atoms with Crippen LogP contribution in [0.1, 0.15) is 36.1 Å². The van der Waals surface area contributed by atoms with Crippen LogP contribution in [0.2, 0.25) is 52.4 Å². The molecule has 214 valence electrons. The summed E-state index contributed by atoms with van der Waals surface area (Å²) in [7, 11) is 8.73. The Morgan fingerprint density at radius 3 is 1.30 bits per heavy atom. The van der Waals surface area contributed by atoms with E-state index >= 15 is 0 Å². The summed E-state index contributed by atoms with van der Waals surface area (Å²) in [6.07, 6.45) is 6.86. The fourth-order valence-electron chi connectivity index (χ4n) is 4.02. The maximum atomic E-state index is 4.93. The molecule has 4 aromatic carbocycles. The molecular weight excluding hydrogens is 655 g/mol. The Morgan fingerprint density at radius 1 is 0.700 bits per heavy atom. The molecule has 0 bridgehead atoms. The van der Waals surface area contributed by atoms with Crippen LogP contribution in [0.25, 0.3) is 33.7 Å². The molecule has 0 atom stereocenters. The summed E-state index contributed by atoms with van der Waals surface area (Å²) in [5.74, 6) is 0. The number of fused-ring (bicyclic) bond motifs is 2. The molecule has 0 amide bonds. The second-order valence-electron chi connectivity index (χ2n) is 12.1. The quantitative estimate of drug-likeness (QED) is 0.139. The van der Waals surface area contributed by atoms with Gasteiger partial charge >= 0.3 is 37.9 Å². The topological polar surface area (TPSA) is 0 Å². The van der Waals surface area contributed by atoms with Gasteiger partial charge in [-0.1, -0.05) is 113 Å². The van der Waals surface area contributed by atoms with Gasteiger partial charge in [-0.15, -0.1) is 69.1 Å². The first-order valence-electron chi connectivity index (χ1n) is 14.1. The van der Waals surface area contributed by atoms with E-state index in [0.717, 1.165) is 22.4 Å². The molecule has 4 rings (SSSR count). The number of hydrogen-bond donors (Lipinski definition) is 0. The third-order valence-electron chi connectivity index (χ3n) is 6.03. The van der Waals surface area contributed by atoms with Gasteiger partial charge in [0.25, 0.3) is 0 Å². The maximum absolute atomic E-state index is 4.93. The summed E-state index contributed by atoms with van der Waals surface area (Å²) in [5.41, 5.74) is 10.4. The van der Waals surface area contributed by atoms with Gasteiger partial charge in [0.2, 0.25) is 0 Å². The van der Waals surface area contributed by atoms with Crippen molar-refractivity contribution in [3.05, 3.63) is 94.3 Å². The third-order valence-corrected chi connectivity index (χ3v) is 8.36. The molecular formula is C34H48Cl2Si3Zr. The molecule has 0 saturated heterocycles. The molecule has 0 aliphatic rings. The van der Waals surface area contributed by atoms with Crippen LogP contribution in [0.3, 0.4) is 0 Å². The van der Waals surface area contributed by atoms with Gasteiger partial charge in [0.05, 0.1) is 16.1 Å². The molecule has 0 aliphatic carbocycles. The summed E-state index contributed by atoms with van der Waals surface area (Å²) in [6.45, 7) is 22.9. The first-order valence-corrected chi connectivity index (χ1v) is 29.6. The van der Waals surface area contributed by atoms with Crippen LogP contribution in [0.5, 0.6) is 0 Å². The molecule has 40 heavy (non-hydrogen) atoms. The van der Waals surface area contributed by atoms with Gasteiger partial charge in [-0.2, -0.15) is 12.1 Å². The Morgan fingerprint density at radius 2 is 1.02 bits per heavy atom. The van der Waals surface area contributed by atoms with Crippen LogP contribution in [0.15, 0.2) is 72.1 Å². The second-order valence-corrected chi connectivity index (χ2v) is 27.0. The van der Waals surface area contributed by atoms with Crippen molar-refractivity contribution in [2.45, 2.75) is 79.1 Å². The Hall–Kier alpha value is -0.746. The van der Waals surface area contributed by atoms with Crippen LogP contribution >= 0.6 is 17.0 Å². The summed E-state index contributed by atoms with van der Waals surface area (Å²) in [6, 6.07) is 22.5. The molecule has 0 N–H and O–H groups in total. The minimum absolute atomic E-state index is 0.826. The number of hydrogen-bond acceptors (Lipinski definition) is 0. The van der Waals surface area contributed by atoms with Gasteiger partial charge in [-0.25, -0.2) is 0 Å². The second kappa shape index (κ2) is 18.7. The van der Waals surface area contributed by atoms with Gasteiger partial charge in [0.1, 0.15) is 0 Å². The summed E-state index contributed by atoms with van der Waals surface area (Å²) in [5, 5.41) is 5.55. The molecule has 0 fully saturated rings. The fourth-order valence-corrected chi connectivity index (χ4v) is 5.38. The molecule has 6 heteroatoms. The van der Waals surface area contributed by atoms with Crippen molar-refractivity contribution >= 4 is 76.4 Å². The van der Waals surface area contributed by atoms with E-state index in [1.807, 2.05) is 0 Å². The average Bonchev–Trinajstić information content (AvgIpc) is 3.51. The predicted molar refractivity (Wildman–Crippen MR) is 192 cm³/mol. The van der Waals surface area contributed by atoms with Crippen LogP contribution in [-0.4, -0.2) is 25.7 Å². The number of benzene rings is 2. The number of rotatable bonds is 6. The average molecular weight is 703 g/mol. The SMILES string of the molecule is CCc1cc2c(C=C[Si](C)(C)C)cccc2[cH-]1.CCc1cc2c(C=C[Si](C)(C)C)cccc2[cH-]1.C[Si]C.[Cl][Zr+2][Cl]. The van der Waals surface area contributed by atoms with Gasteiger partial charge < -0.3 is 0 Å². The zero-order valence-electron chi connectivity index (χ0n) is 26.3. The van der Waals surface area contributed by atoms with E-state index in [-0.39, 0.29) is 0 Å². The molecule has 0 spiro atoms. The first-order chi connectivity index (χ1) is 18.8. The van der Waals surface area contributed by atoms with E-state index in [0.29, 0.717) is 0 Å². The zero-order chi connectivity index (χ0) is 30.3. The first kappa shape index (κ1) is 37.3. The fraction of sp³-hybridized carbons (Fsp3) is 0.353. The minimum atomic E-state index is -1.11. The Bertz CT molecular complexity index is 1230. The van der Waals surface area contributed by atoms with Gasteiger partial charge in [0.15, 0.2) is 0 Å². The van der Waals surface area contributed by atoms with Crippen molar-refractivity contribution in [3.8, 4) is 0 Å². The van der Waals surface area contributed by atoms with Crippen molar-refractivity contribution in [2.75, 3.05) is 0 Å².